The number of aromatic nitrogens is 1. The van der Waals surface area contributed by atoms with E-state index in [1.54, 1.807) is 6.20 Å². The smallest absolute Gasteiger partial charge is 0.121 e. The molecule has 1 aromatic carbocycles. The maximum atomic E-state index is 6.02. The summed E-state index contributed by atoms with van der Waals surface area (Å²) in [5.41, 5.74) is 7.02. The summed E-state index contributed by atoms with van der Waals surface area (Å²) in [5, 5.41) is 1.13. The Balaban J connectivity index is 1.83. The first-order valence-electron chi connectivity index (χ1n) is 6.34. The number of fused-ring (bicyclic) bond motifs is 1. The molecule has 0 radical (unpaired) electrons. The van der Waals surface area contributed by atoms with Crippen LogP contribution in [0.15, 0.2) is 36.5 Å². The van der Waals surface area contributed by atoms with Crippen molar-refractivity contribution in [1.82, 2.24) is 4.98 Å². The zero-order chi connectivity index (χ0) is 12.8. The van der Waals surface area contributed by atoms with Crippen LogP contribution in [0.1, 0.15) is 20.3 Å². The maximum Gasteiger partial charge on any atom is 0.121 e. The fourth-order valence-electron chi connectivity index (χ4n) is 2.40. The van der Waals surface area contributed by atoms with Gasteiger partial charge in [0.1, 0.15) is 11.9 Å². The number of hydrogen-bond donors (Lipinski definition) is 1. The summed E-state index contributed by atoms with van der Waals surface area (Å²) >= 11 is 0. The topological polar surface area (TPSA) is 48.1 Å². The Morgan fingerprint density at radius 2 is 2.17 bits per heavy atom. The molecule has 3 heteroatoms. The summed E-state index contributed by atoms with van der Waals surface area (Å²) in [7, 11) is 0. The predicted molar refractivity (Wildman–Crippen MR) is 72.5 cm³/mol. The van der Waals surface area contributed by atoms with Crippen molar-refractivity contribution < 1.29 is 4.74 Å². The van der Waals surface area contributed by atoms with Crippen molar-refractivity contribution in [2.45, 2.75) is 32.4 Å². The molecular weight excluding hydrogens is 224 g/mol. The van der Waals surface area contributed by atoms with Crippen LogP contribution in [-0.4, -0.2) is 17.1 Å². The number of pyridine rings is 1. The minimum atomic E-state index is 0.0546. The quantitative estimate of drug-likeness (QED) is 0.880. The molecule has 0 bridgehead atoms. The van der Waals surface area contributed by atoms with Gasteiger partial charge in [0.25, 0.3) is 0 Å². The number of nitrogens with zero attached hydrogens (tertiary/aromatic N) is 1. The van der Waals surface area contributed by atoms with Gasteiger partial charge in [-0.05, 0) is 18.2 Å². The minimum absolute atomic E-state index is 0.0546. The molecule has 2 aromatic rings. The summed E-state index contributed by atoms with van der Waals surface area (Å²) in [5.74, 6) is 0.881. The largest absolute Gasteiger partial charge is 0.490 e. The fourth-order valence-corrected chi connectivity index (χ4v) is 2.40. The zero-order valence-corrected chi connectivity index (χ0v) is 10.8. The standard InChI is InChI=1S/C15H18N2O/c1-15(2)13(16)9-14(15)18-11-6-5-10-4-3-7-17-12(10)8-11/h3-8,13-14H,9,16H2,1-2H3. The van der Waals surface area contributed by atoms with Crippen LogP contribution in [-0.2, 0) is 0 Å². The van der Waals surface area contributed by atoms with Crippen LogP contribution < -0.4 is 10.5 Å². The van der Waals surface area contributed by atoms with Gasteiger partial charge >= 0.3 is 0 Å². The van der Waals surface area contributed by atoms with Gasteiger partial charge in [0.05, 0.1) is 5.52 Å². The van der Waals surface area contributed by atoms with E-state index in [4.69, 9.17) is 10.5 Å². The first kappa shape index (κ1) is 11.5. The second-order valence-corrected chi connectivity index (χ2v) is 5.63. The maximum absolute atomic E-state index is 6.02. The van der Waals surface area contributed by atoms with Gasteiger partial charge in [0.2, 0.25) is 0 Å². The molecule has 3 nitrogen and oxygen atoms in total. The molecule has 1 aromatic heterocycles. The van der Waals surface area contributed by atoms with E-state index in [0.29, 0.717) is 0 Å². The molecule has 0 amide bonds. The summed E-state index contributed by atoms with van der Waals surface area (Å²) in [6, 6.07) is 10.3. The molecule has 2 unspecified atom stereocenters. The molecule has 2 atom stereocenters. The molecule has 1 fully saturated rings. The molecule has 2 N–H and O–H groups in total. The molecule has 0 aliphatic heterocycles. The average Bonchev–Trinajstić information content (AvgIpc) is 2.38. The SMILES string of the molecule is CC1(C)C(N)CC1Oc1ccc2cccnc2c1. The van der Waals surface area contributed by atoms with E-state index < -0.39 is 0 Å². The lowest BCUT2D eigenvalue weighted by Crippen LogP contribution is -2.60. The second-order valence-electron chi connectivity index (χ2n) is 5.63. The Hall–Kier alpha value is -1.61. The molecule has 3 rings (SSSR count). The number of nitrogens with two attached hydrogens (primary N) is 1. The minimum Gasteiger partial charge on any atom is -0.490 e. The van der Waals surface area contributed by atoms with Gasteiger partial charge in [-0.25, -0.2) is 0 Å². The highest BCUT2D eigenvalue weighted by Crippen LogP contribution is 2.41. The average molecular weight is 242 g/mol. The van der Waals surface area contributed by atoms with Crippen LogP contribution >= 0.6 is 0 Å². The molecule has 0 spiro atoms. The number of ether oxygens (including phenoxy) is 1. The van der Waals surface area contributed by atoms with Gasteiger partial charge in [-0.1, -0.05) is 19.9 Å². The summed E-state index contributed by atoms with van der Waals surface area (Å²) in [6.07, 6.45) is 2.93. The molecule has 0 saturated heterocycles. The Morgan fingerprint density at radius 3 is 2.89 bits per heavy atom. The Kier molecular flexibility index (Phi) is 2.52. The highest BCUT2D eigenvalue weighted by molar-refractivity contribution is 5.79. The molecule has 1 aliphatic carbocycles. The summed E-state index contributed by atoms with van der Waals surface area (Å²) in [6.45, 7) is 4.32. The summed E-state index contributed by atoms with van der Waals surface area (Å²) in [4.78, 5) is 4.34. The molecule has 1 heterocycles. The monoisotopic (exact) mass is 242 g/mol. The third-order valence-corrected chi connectivity index (χ3v) is 4.11. The third-order valence-electron chi connectivity index (χ3n) is 4.11. The number of rotatable bonds is 2. The highest BCUT2D eigenvalue weighted by atomic mass is 16.5. The molecule has 94 valence electrons. The van der Waals surface area contributed by atoms with E-state index in [1.165, 1.54) is 0 Å². The van der Waals surface area contributed by atoms with Gasteiger partial charge in [-0.2, -0.15) is 0 Å². The van der Waals surface area contributed by atoms with E-state index in [9.17, 15) is 0 Å². The van der Waals surface area contributed by atoms with Gasteiger partial charge in [0, 0.05) is 35.5 Å². The van der Waals surface area contributed by atoms with E-state index in [2.05, 4.69) is 24.9 Å². The van der Waals surface area contributed by atoms with Gasteiger partial charge < -0.3 is 10.5 Å². The molecule has 1 aliphatic rings. The van der Waals surface area contributed by atoms with Gasteiger partial charge in [-0.3, -0.25) is 4.98 Å². The lowest BCUT2D eigenvalue weighted by atomic mass is 9.65. The van der Waals surface area contributed by atoms with Crippen LogP contribution in [0.25, 0.3) is 10.9 Å². The van der Waals surface area contributed by atoms with Crippen molar-refractivity contribution in [2.24, 2.45) is 11.1 Å². The van der Waals surface area contributed by atoms with Crippen LogP contribution in [0, 0.1) is 5.41 Å². The Labute approximate surface area is 107 Å². The number of hydrogen-bond acceptors (Lipinski definition) is 3. The first-order chi connectivity index (χ1) is 8.57. The first-order valence-corrected chi connectivity index (χ1v) is 6.34. The third kappa shape index (κ3) is 1.75. The fraction of sp³-hybridized carbons (Fsp3) is 0.400. The molecule has 1 saturated carbocycles. The molecule has 18 heavy (non-hydrogen) atoms. The predicted octanol–water partition coefficient (Wildman–Crippen LogP) is 2.74. The lowest BCUT2D eigenvalue weighted by molar-refractivity contribution is -0.0399. The second kappa shape index (κ2) is 3.95. The van der Waals surface area contributed by atoms with Crippen molar-refractivity contribution >= 4 is 10.9 Å². The Bertz CT molecular complexity index is 579. The van der Waals surface area contributed by atoms with Crippen molar-refractivity contribution in [3.8, 4) is 5.75 Å². The van der Waals surface area contributed by atoms with Crippen molar-refractivity contribution in [1.29, 1.82) is 0 Å². The highest BCUT2D eigenvalue weighted by Gasteiger charge is 2.47. The van der Waals surface area contributed by atoms with E-state index >= 15 is 0 Å². The lowest BCUT2D eigenvalue weighted by Gasteiger charge is -2.49. The van der Waals surface area contributed by atoms with E-state index in [1.807, 2.05) is 24.3 Å². The molecular formula is C15H18N2O. The van der Waals surface area contributed by atoms with Crippen LogP contribution in [0.3, 0.4) is 0 Å². The van der Waals surface area contributed by atoms with Gasteiger partial charge in [0.15, 0.2) is 0 Å². The zero-order valence-electron chi connectivity index (χ0n) is 10.8. The van der Waals surface area contributed by atoms with Crippen molar-refractivity contribution in [3.63, 3.8) is 0 Å². The van der Waals surface area contributed by atoms with Crippen LogP contribution in [0.2, 0.25) is 0 Å². The summed E-state index contributed by atoms with van der Waals surface area (Å²) < 4.78 is 6.02. The van der Waals surface area contributed by atoms with Gasteiger partial charge in [-0.15, -0.1) is 0 Å². The Morgan fingerprint density at radius 1 is 1.33 bits per heavy atom. The van der Waals surface area contributed by atoms with Crippen molar-refractivity contribution in [2.75, 3.05) is 0 Å². The van der Waals surface area contributed by atoms with E-state index in [-0.39, 0.29) is 17.6 Å². The number of benzene rings is 1. The van der Waals surface area contributed by atoms with E-state index in [0.717, 1.165) is 23.1 Å². The normalized spacial score (nSPS) is 25.7. The van der Waals surface area contributed by atoms with Crippen LogP contribution in [0.5, 0.6) is 5.75 Å². The van der Waals surface area contributed by atoms with Crippen molar-refractivity contribution in [3.05, 3.63) is 36.5 Å². The van der Waals surface area contributed by atoms with Crippen LogP contribution in [0.4, 0.5) is 0 Å².